The van der Waals surface area contributed by atoms with Crippen molar-refractivity contribution in [2.24, 2.45) is 0 Å². The second-order valence-electron chi connectivity index (χ2n) is 7.04. The van der Waals surface area contributed by atoms with Crippen molar-refractivity contribution >= 4 is 22.3 Å². The highest BCUT2D eigenvalue weighted by Crippen LogP contribution is 2.69. The molecule has 14 heteroatoms. The number of rotatable bonds is 3. The predicted octanol–water partition coefficient (Wildman–Crippen LogP) is 5.15. The zero-order valence-electron chi connectivity index (χ0n) is 15.4. The Morgan fingerprint density at radius 1 is 0.667 bits per heavy atom. The van der Waals surface area contributed by atoms with Crippen molar-refractivity contribution < 1.29 is 62.6 Å². The van der Waals surface area contributed by atoms with Crippen LogP contribution < -0.4 is 5.11 Å². The van der Waals surface area contributed by atoms with Gasteiger partial charge in [0.15, 0.2) is 0 Å². The number of hydrogen-bond donors (Lipinski definition) is 0. The van der Waals surface area contributed by atoms with Crippen molar-refractivity contribution in [2.45, 2.75) is 35.3 Å². The van der Waals surface area contributed by atoms with E-state index in [2.05, 4.69) is 0 Å². The van der Waals surface area contributed by atoms with Gasteiger partial charge in [-0.05, 0) is 23.1 Å². The summed E-state index contributed by atoms with van der Waals surface area (Å²) in [5.41, 5.74) is -7.78. The Kier molecular flexibility index (Phi) is 5.09. The summed E-state index contributed by atoms with van der Waals surface area (Å²) in [7, 11) is 0. The summed E-state index contributed by atoms with van der Waals surface area (Å²) in [5.74, 6) is -43.8. The molecule has 0 atom stereocenters. The van der Waals surface area contributed by atoms with Gasteiger partial charge >= 0.3 is 35.3 Å². The van der Waals surface area contributed by atoms with Crippen molar-refractivity contribution in [1.82, 2.24) is 0 Å². The van der Waals surface area contributed by atoms with Crippen LogP contribution >= 0.6 is 0 Å². The first-order valence-corrected chi connectivity index (χ1v) is 8.49. The second-order valence-corrected chi connectivity index (χ2v) is 7.04. The number of hydrogen-bond acceptors (Lipinski definition) is 2. The van der Waals surface area contributed by atoms with Crippen LogP contribution in [0.2, 0.25) is 0 Å². The highest BCUT2D eigenvalue weighted by atomic mass is 19.4. The van der Waals surface area contributed by atoms with Crippen molar-refractivity contribution in [2.75, 3.05) is 0 Å². The van der Waals surface area contributed by atoms with Crippen LogP contribution in [0.25, 0.3) is 16.5 Å². The molecule has 2 nitrogen and oxygen atoms in total. The first kappa shape index (κ1) is 24.7. The lowest BCUT2D eigenvalue weighted by Crippen LogP contribution is -2.85. The molecule has 33 heavy (non-hydrogen) atoms. The third kappa shape index (κ3) is 2.69. The summed E-state index contributed by atoms with van der Waals surface area (Å²) in [6, 6.07) is 5.64. The van der Waals surface area contributed by atoms with Gasteiger partial charge in [-0.3, -0.25) is 4.79 Å². The molecule has 1 saturated carbocycles. The van der Waals surface area contributed by atoms with E-state index in [0.717, 1.165) is 12.1 Å². The van der Waals surface area contributed by atoms with E-state index in [0.29, 0.717) is 12.1 Å². The molecule has 0 spiro atoms. The Balaban J connectivity index is 2.24. The third-order valence-electron chi connectivity index (χ3n) is 5.18. The van der Waals surface area contributed by atoms with E-state index >= 15 is 0 Å². The Hall–Kier alpha value is -2.93. The smallest absolute Gasteiger partial charge is 0.384 e. The normalized spacial score (nSPS) is 24.4. The minimum absolute atomic E-state index is 0.342. The van der Waals surface area contributed by atoms with Gasteiger partial charge in [0.05, 0.1) is 0 Å². The van der Waals surface area contributed by atoms with E-state index in [4.69, 9.17) is 0 Å². The van der Waals surface area contributed by atoms with Crippen molar-refractivity contribution in [3.63, 3.8) is 0 Å². The van der Waals surface area contributed by atoms with Gasteiger partial charge in [0, 0.05) is 5.39 Å². The maximum atomic E-state index is 14.7. The minimum Gasteiger partial charge on any atom is -0.872 e. The molecule has 2 aromatic rings. The van der Waals surface area contributed by atoms with E-state index in [1.807, 2.05) is 0 Å². The molecule has 0 amide bonds. The van der Waals surface area contributed by atoms with Gasteiger partial charge in [0.1, 0.15) is 5.82 Å². The molecule has 0 aromatic heterocycles. The molecule has 0 saturated heterocycles. The van der Waals surface area contributed by atoms with Gasteiger partial charge in [-0.15, -0.1) is 0 Å². The molecule has 0 radical (unpaired) electrons. The van der Waals surface area contributed by atoms with Crippen molar-refractivity contribution in [1.29, 1.82) is 0 Å². The monoisotopic (exact) mass is 495 g/mol. The topological polar surface area (TPSA) is 40.1 Å². The van der Waals surface area contributed by atoms with E-state index in [1.165, 1.54) is 12.1 Å². The molecule has 1 fully saturated rings. The summed E-state index contributed by atoms with van der Waals surface area (Å²) in [6.45, 7) is 0. The number of fused-ring (bicyclic) bond motifs is 1. The van der Waals surface area contributed by atoms with Gasteiger partial charge in [-0.2, -0.15) is 43.9 Å². The Morgan fingerprint density at radius 3 is 1.58 bits per heavy atom. The van der Waals surface area contributed by atoms with Crippen LogP contribution in [-0.4, -0.2) is 41.1 Å². The number of carbonyl (C=O) groups is 1. The van der Waals surface area contributed by atoms with Crippen LogP contribution in [-0.2, 0) is 4.79 Å². The lowest BCUT2D eigenvalue weighted by atomic mass is 9.70. The SMILES string of the molecule is O=C(/C=C(\[O-])c1ccc(F)c2ccccc12)C1(F)C(F)(F)C(F)(F)C(F)(F)C(F)(F)C1(F)F. The molecule has 0 bridgehead atoms. The van der Waals surface area contributed by atoms with Gasteiger partial charge in [-0.1, -0.05) is 36.1 Å². The number of alkyl halides is 11. The second kappa shape index (κ2) is 6.79. The fourth-order valence-corrected chi connectivity index (χ4v) is 3.30. The van der Waals surface area contributed by atoms with Gasteiger partial charge < -0.3 is 5.11 Å². The zero-order valence-corrected chi connectivity index (χ0v) is 15.4. The third-order valence-corrected chi connectivity index (χ3v) is 5.18. The lowest BCUT2D eigenvalue weighted by Gasteiger charge is -2.51. The van der Waals surface area contributed by atoms with Crippen molar-refractivity contribution in [3.8, 4) is 0 Å². The molecule has 0 heterocycles. The molecule has 180 valence electrons. The molecule has 1 aliphatic carbocycles. The summed E-state index contributed by atoms with van der Waals surface area (Å²) in [6.07, 6.45) is -0.975. The molecule has 2 aromatic carbocycles. The van der Waals surface area contributed by atoms with Crippen LogP contribution in [0.5, 0.6) is 0 Å². The van der Waals surface area contributed by atoms with E-state index in [-0.39, 0.29) is 10.8 Å². The molecule has 1 aliphatic rings. The van der Waals surface area contributed by atoms with Crippen LogP contribution in [0.4, 0.5) is 52.7 Å². The zero-order chi connectivity index (χ0) is 25.4. The van der Waals surface area contributed by atoms with Gasteiger partial charge in [0.25, 0.3) is 0 Å². The Labute approximate surface area is 175 Å². The standard InChI is InChI=1S/C19H8F12O2/c20-11-6-5-10(8-3-1-2-4-9(8)11)12(32)7-13(33)14(21)15(22,23)17(26,27)19(30,31)18(28,29)16(14,24)25/h1-7,32H/p-1/b12-7-. The highest BCUT2D eigenvalue weighted by Gasteiger charge is 3.02. The van der Waals surface area contributed by atoms with Crippen molar-refractivity contribution in [3.05, 3.63) is 53.9 Å². The molecule has 0 aliphatic heterocycles. The maximum absolute atomic E-state index is 14.7. The average Bonchev–Trinajstić information content (AvgIpc) is 2.71. The fraction of sp³-hybridized carbons (Fsp3) is 0.316. The quantitative estimate of drug-likeness (QED) is 0.336. The summed E-state index contributed by atoms with van der Waals surface area (Å²) >= 11 is 0. The molecule has 3 rings (SSSR count). The fourth-order valence-electron chi connectivity index (χ4n) is 3.30. The highest BCUT2D eigenvalue weighted by molar-refractivity contribution is 6.05. The van der Waals surface area contributed by atoms with Gasteiger partial charge in [0.2, 0.25) is 5.78 Å². The first-order chi connectivity index (χ1) is 14.8. The molecular formula is C19H7F12O2-. The van der Waals surface area contributed by atoms with Gasteiger partial charge in [-0.25, -0.2) is 8.78 Å². The summed E-state index contributed by atoms with van der Waals surface area (Å²) in [5, 5.41) is 11.5. The number of halogens is 12. The van der Waals surface area contributed by atoms with E-state index in [1.54, 1.807) is 0 Å². The molecular weight excluding hydrogens is 488 g/mol. The summed E-state index contributed by atoms with van der Waals surface area (Å²) < 4.78 is 165. The average molecular weight is 495 g/mol. The number of carbonyl (C=O) groups excluding carboxylic acids is 1. The van der Waals surface area contributed by atoms with Crippen LogP contribution in [0.1, 0.15) is 5.56 Å². The summed E-state index contributed by atoms with van der Waals surface area (Å²) in [4.78, 5) is 11.9. The molecule has 0 unspecified atom stereocenters. The maximum Gasteiger partial charge on any atom is 0.384 e. The first-order valence-electron chi connectivity index (χ1n) is 8.49. The Morgan fingerprint density at radius 2 is 1.09 bits per heavy atom. The molecule has 0 N–H and O–H groups in total. The number of benzene rings is 2. The van der Waals surface area contributed by atoms with Crippen LogP contribution in [0, 0.1) is 5.82 Å². The number of allylic oxidation sites excluding steroid dienone is 1. The van der Waals surface area contributed by atoms with E-state index < -0.39 is 64.3 Å². The van der Waals surface area contributed by atoms with E-state index in [9.17, 15) is 62.6 Å². The Bertz CT molecular complexity index is 1140. The van der Waals surface area contributed by atoms with Crippen LogP contribution in [0.3, 0.4) is 0 Å². The minimum atomic E-state index is -7.49. The predicted molar refractivity (Wildman–Crippen MR) is 85.5 cm³/mol. The van der Waals surface area contributed by atoms with Crippen LogP contribution in [0.15, 0.2) is 42.5 Å². The largest absolute Gasteiger partial charge is 0.872 e. The number of ketones is 1. The lowest BCUT2D eigenvalue weighted by molar-refractivity contribution is -0.475.